The average Bonchev–Trinajstić information content (AvgIpc) is 3.81. The Kier molecular flexibility index (Phi) is 9.54. The number of fused-ring (bicyclic) bond motifs is 8. The summed E-state index contributed by atoms with van der Waals surface area (Å²) in [5.74, 6) is 0. The number of hydrogen-bond donors (Lipinski definition) is 0. The molecule has 0 bridgehead atoms. The number of rotatable bonds is 8. The minimum absolute atomic E-state index is 0.894. The van der Waals surface area contributed by atoms with Crippen molar-refractivity contribution in [1.29, 1.82) is 0 Å². The van der Waals surface area contributed by atoms with Crippen LogP contribution in [0, 0.1) is 0 Å². The van der Waals surface area contributed by atoms with Crippen LogP contribution in [0.25, 0.3) is 110 Å². The van der Waals surface area contributed by atoms with Gasteiger partial charge in [-0.1, -0.05) is 206 Å². The molecule has 0 saturated carbocycles. The Morgan fingerprint density at radius 1 is 0.265 bits per heavy atom. The quantitative estimate of drug-likeness (QED) is 0.142. The highest BCUT2D eigenvalue weighted by atomic mass is 16.3. The minimum atomic E-state index is 0.894. The highest BCUT2D eigenvalue weighted by molar-refractivity contribution is 6.22. The van der Waals surface area contributed by atoms with Crippen molar-refractivity contribution < 1.29 is 4.42 Å². The summed E-state index contributed by atoms with van der Waals surface area (Å²) in [6.07, 6.45) is 0. The van der Waals surface area contributed by atoms with Crippen molar-refractivity contribution in [3.8, 4) is 55.6 Å². The molecule has 0 aliphatic carbocycles. The lowest BCUT2D eigenvalue weighted by Crippen LogP contribution is -2.10. The molecule has 2 heteroatoms. The van der Waals surface area contributed by atoms with Gasteiger partial charge in [-0.05, 0) is 137 Å². The largest absolute Gasteiger partial charge is 0.455 e. The van der Waals surface area contributed by atoms with Crippen molar-refractivity contribution in [3.63, 3.8) is 0 Å². The smallest absolute Gasteiger partial charge is 0.143 e. The topological polar surface area (TPSA) is 16.4 Å². The average molecular weight is 866 g/mol. The van der Waals surface area contributed by atoms with Crippen molar-refractivity contribution >= 4 is 71.3 Å². The molecule has 12 aromatic carbocycles. The van der Waals surface area contributed by atoms with E-state index in [9.17, 15) is 0 Å². The minimum Gasteiger partial charge on any atom is -0.455 e. The summed E-state index contributed by atoms with van der Waals surface area (Å²) < 4.78 is 6.57. The lowest BCUT2D eigenvalue weighted by Gasteiger charge is -2.26. The van der Waals surface area contributed by atoms with E-state index in [1.165, 1.54) is 65.9 Å². The fraction of sp³-hybridized carbons (Fsp3) is 0. The zero-order valence-electron chi connectivity index (χ0n) is 37.2. The summed E-state index contributed by atoms with van der Waals surface area (Å²) >= 11 is 0. The van der Waals surface area contributed by atoms with Crippen LogP contribution in [-0.4, -0.2) is 0 Å². The molecule has 318 valence electrons. The Balaban J connectivity index is 0.932. The third kappa shape index (κ3) is 6.73. The van der Waals surface area contributed by atoms with Gasteiger partial charge in [-0.15, -0.1) is 0 Å². The van der Waals surface area contributed by atoms with E-state index >= 15 is 0 Å². The maximum absolute atomic E-state index is 6.57. The first-order valence-corrected chi connectivity index (χ1v) is 23.3. The van der Waals surface area contributed by atoms with Gasteiger partial charge < -0.3 is 9.32 Å². The fourth-order valence-corrected chi connectivity index (χ4v) is 10.5. The first-order chi connectivity index (χ1) is 33.7. The van der Waals surface area contributed by atoms with E-state index in [4.69, 9.17) is 4.42 Å². The Labute approximate surface area is 395 Å². The Morgan fingerprint density at radius 2 is 0.765 bits per heavy atom. The van der Waals surface area contributed by atoms with E-state index in [-0.39, 0.29) is 0 Å². The zero-order chi connectivity index (χ0) is 45.0. The molecular weight excluding hydrogens is 823 g/mol. The second kappa shape index (κ2) is 16.5. The van der Waals surface area contributed by atoms with Gasteiger partial charge >= 0.3 is 0 Å². The van der Waals surface area contributed by atoms with E-state index in [2.05, 4.69) is 266 Å². The molecule has 1 aromatic heterocycles. The lowest BCUT2D eigenvalue weighted by molar-refractivity contribution is 0.673. The molecular formula is C66H43NO. The van der Waals surface area contributed by atoms with Gasteiger partial charge in [0.1, 0.15) is 11.2 Å². The van der Waals surface area contributed by atoms with E-state index < -0.39 is 0 Å². The van der Waals surface area contributed by atoms with Gasteiger partial charge in [0.25, 0.3) is 0 Å². The van der Waals surface area contributed by atoms with E-state index in [0.29, 0.717) is 0 Å². The Morgan fingerprint density at radius 3 is 1.47 bits per heavy atom. The monoisotopic (exact) mass is 865 g/mol. The first-order valence-electron chi connectivity index (χ1n) is 23.3. The second-order valence-electron chi connectivity index (χ2n) is 17.6. The van der Waals surface area contributed by atoms with Crippen molar-refractivity contribution in [2.75, 3.05) is 4.90 Å². The molecule has 0 radical (unpaired) electrons. The molecule has 0 aliphatic rings. The normalized spacial score (nSPS) is 11.5. The predicted molar refractivity (Wildman–Crippen MR) is 288 cm³/mol. The molecule has 0 fully saturated rings. The van der Waals surface area contributed by atoms with Crippen LogP contribution in [0.1, 0.15) is 0 Å². The molecule has 0 amide bonds. The Bertz CT molecular complexity index is 3990. The molecule has 0 atom stereocenters. The van der Waals surface area contributed by atoms with Crippen LogP contribution in [0.4, 0.5) is 17.1 Å². The lowest BCUT2D eigenvalue weighted by atomic mass is 9.84. The van der Waals surface area contributed by atoms with Crippen LogP contribution in [0.15, 0.2) is 265 Å². The summed E-state index contributed by atoms with van der Waals surface area (Å²) in [4.78, 5) is 2.37. The van der Waals surface area contributed by atoms with Gasteiger partial charge in [0, 0.05) is 33.2 Å². The molecule has 2 nitrogen and oxygen atoms in total. The summed E-state index contributed by atoms with van der Waals surface area (Å²) in [7, 11) is 0. The fourth-order valence-electron chi connectivity index (χ4n) is 10.5. The van der Waals surface area contributed by atoms with Gasteiger partial charge in [-0.2, -0.15) is 0 Å². The van der Waals surface area contributed by atoms with E-state index in [1.807, 2.05) is 0 Å². The third-order valence-electron chi connectivity index (χ3n) is 13.6. The molecule has 68 heavy (non-hydrogen) atoms. The van der Waals surface area contributed by atoms with Crippen LogP contribution in [0.3, 0.4) is 0 Å². The number of furan rings is 1. The summed E-state index contributed by atoms with van der Waals surface area (Å²) in [5.41, 5.74) is 17.0. The molecule has 0 saturated heterocycles. The maximum atomic E-state index is 6.57. The highest BCUT2D eigenvalue weighted by Crippen LogP contribution is 2.47. The van der Waals surface area contributed by atoms with Gasteiger partial charge in [0.2, 0.25) is 0 Å². The van der Waals surface area contributed by atoms with Crippen molar-refractivity contribution in [2.24, 2.45) is 0 Å². The third-order valence-corrected chi connectivity index (χ3v) is 13.6. The number of hydrogen-bond acceptors (Lipinski definition) is 2. The maximum Gasteiger partial charge on any atom is 0.143 e. The van der Waals surface area contributed by atoms with Gasteiger partial charge in [-0.25, -0.2) is 0 Å². The molecule has 0 spiro atoms. The Hall–Kier alpha value is -8.98. The van der Waals surface area contributed by atoms with Gasteiger partial charge in [0.05, 0.1) is 0 Å². The van der Waals surface area contributed by atoms with Gasteiger partial charge in [-0.3, -0.25) is 0 Å². The van der Waals surface area contributed by atoms with Gasteiger partial charge in [0.15, 0.2) is 0 Å². The van der Waals surface area contributed by atoms with Crippen LogP contribution in [-0.2, 0) is 0 Å². The SMILES string of the molecule is c1ccc(-c2cccc(N(c3ccc(-c4ccc5c(c4)c(-c4ccccc4)c(-c4ccccc4)c4ccccc45)cc3)c3ccc(-c4cccc5oc6c7ccccc7ccc6c45)cc3)c2)cc1. The molecule has 0 aliphatic heterocycles. The summed E-state index contributed by atoms with van der Waals surface area (Å²) in [5, 5.41) is 9.57. The molecule has 13 rings (SSSR count). The zero-order valence-corrected chi connectivity index (χ0v) is 37.2. The summed E-state index contributed by atoms with van der Waals surface area (Å²) in [6.45, 7) is 0. The number of benzene rings is 12. The predicted octanol–water partition coefficient (Wildman–Crippen LogP) is 18.9. The van der Waals surface area contributed by atoms with Crippen molar-refractivity contribution in [2.45, 2.75) is 0 Å². The summed E-state index contributed by atoms with van der Waals surface area (Å²) in [6, 6.07) is 94.4. The highest BCUT2D eigenvalue weighted by Gasteiger charge is 2.20. The number of nitrogens with zero attached hydrogens (tertiary/aromatic N) is 1. The second-order valence-corrected chi connectivity index (χ2v) is 17.6. The first kappa shape index (κ1) is 39.4. The van der Waals surface area contributed by atoms with E-state index in [0.717, 1.165) is 61.1 Å². The van der Waals surface area contributed by atoms with Crippen molar-refractivity contribution in [3.05, 3.63) is 261 Å². The number of anilines is 3. The molecule has 0 N–H and O–H groups in total. The molecule has 1 heterocycles. The standard InChI is InChI=1S/C66H43NO/c1-4-16-44(17-5-1)50-23-14-24-54(42-50)67(53-38-32-47(33-39-53)55-28-15-29-62-65(55)60-41-34-46-18-10-11-25-56(46)66(60)68-62)52-36-30-45(31-37-52)51-35-40-58-57-26-12-13-27-59(57)63(48-19-6-2-7-20-48)64(61(58)43-51)49-21-8-3-9-22-49/h1-43H. The van der Waals surface area contributed by atoms with Crippen LogP contribution >= 0.6 is 0 Å². The van der Waals surface area contributed by atoms with Crippen LogP contribution in [0.2, 0.25) is 0 Å². The molecule has 0 unspecified atom stereocenters. The van der Waals surface area contributed by atoms with Crippen LogP contribution < -0.4 is 4.90 Å². The van der Waals surface area contributed by atoms with E-state index in [1.54, 1.807) is 0 Å². The van der Waals surface area contributed by atoms with Crippen LogP contribution in [0.5, 0.6) is 0 Å². The van der Waals surface area contributed by atoms with Crippen molar-refractivity contribution in [1.82, 2.24) is 0 Å². The molecule has 13 aromatic rings.